The summed E-state index contributed by atoms with van der Waals surface area (Å²) in [5, 5.41) is 0. The van der Waals surface area contributed by atoms with E-state index in [2.05, 4.69) is 6.58 Å². The Bertz CT molecular complexity index is 63.5. The predicted molar refractivity (Wildman–Crippen MR) is 38.9 cm³/mol. The van der Waals surface area contributed by atoms with E-state index in [0.29, 0.717) is 6.10 Å². The fourth-order valence-corrected chi connectivity index (χ4v) is 0.845. The lowest BCUT2D eigenvalue weighted by Gasteiger charge is -2.04. The summed E-state index contributed by atoms with van der Waals surface area (Å²) in [6, 6.07) is 0. The summed E-state index contributed by atoms with van der Waals surface area (Å²) in [5.74, 6) is 0. The monoisotopic (exact) mass is 132 g/mol. The molecule has 1 unspecified atom stereocenters. The van der Waals surface area contributed by atoms with Gasteiger partial charge in [0.25, 0.3) is 0 Å². The van der Waals surface area contributed by atoms with Crippen LogP contribution < -0.4 is 0 Å². The summed E-state index contributed by atoms with van der Waals surface area (Å²) in [4.78, 5) is 0. The first-order valence-corrected chi connectivity index (χ1v) is 3.76. The molecule has 0 spiro atoms. The Balaban J connectivity index is 3.03. The SMILES string of the molecule is C=CCC(C)OSC. The maximum Gasteiger partial charge on any atom is 0.0728 e. The van der Waals surface area contributed by atoms with Gasteiger partial charge < -0.3 is 4.18 Å². The lowest BCUT2D eigenvalue weighted by atomic mass is 10.3. The van der Waals surface area contributed by atoms with E-state index in [9.17, 15) is 0 Å². The average molecular weight is 132 g/mol. The molecule has 48 valence electrons. The molecule has 8 heavy (non-hydrogen) atoms. The van der Waals surface area contributed by atoms with Gasteiger partial charge in [-0.15, -0.1) is 6.58 Å². The van der Waals surface area contributed by atoms with Gasteiger partial charge in [-0.3, -0.25) is 0 Å². The minimum atomic E-state index is 0.308. The highest BCUT2D eigenvalue weighted by atomic mass is 32.2. The molecule has 0 saturated carbocycles. The zero-order chi connectivity index (χ0) is 6.41. The molecule has 0 saturated heterocycles. The zero-order valence-electron chi connectivity index (χ0n) is 5.39. The highest BCUT2D eigenvalue weighted by Gasteiger charge is 1.94. The van der Waals surface area contributed by atoms with Crippen LogP contribution in [0.4, 0.5) is 0 Å². The van der Waals surface area contributed by atoms with Gasteiger partial charge in [-0.2, -0.15) is 0 Å². The quantitative estimate of drug-likeness (QED) is 0.428. The van der Waals surface area contributed by atoms with E-state index < -0.39 is 0 Å². The summed E-state index contributed by atoms with van der Waals surface area (Å²) in [5.41, 5.74) is 0. The molecule has 0 aliphatic rings. The third kappa shape index (κ3) is 4.22. The Morgan fingerprint density at radius 3 is 2.88 bits per heavy atom. The smallest absolute Gasteiger partial charge is 0.0728 e. The van der Waals surface area contributed by atoms with E-state index in [-0.39, 0.29) is 0 Å². The topological polar surface area (TPSA) is 9.23 Å². The molecule has 0 aromatic carbocycles. The van der Waals surface area contributed by atoms with Crippen LogP contribution >= 0.6 is 12.0 Å². The summed E-state index contributed by atoms with van der Waals surface area (Å²) >= 11 is 1.40. The van der Waals surface area contributed by atoms with Crippen molar-refractivity contribution in [2.45, 2.75) is 19.4 Å². The van der Waals surface area contributed by atoms with Gasteiger partial charge in [0.15, 0.2) is 0 Å². The van der Waals surface area contributed by atoms with Crippen LogP contribution in [0.3, 0.4) is 0 Å². The molecule has 1 atom stereocenters. The fraction of sp³-hybridized carbons (Fsp3) is 0.667. The number of hydrogen-bond donors (Lipinski definition) is 0. The van der Waals surface area contributed by atoms with Gasteiger partial charge >= 0.3 is 0 Å². The van der Waals surface area contributed by atoms with Gasteiger partial charge in [-0.1, -0.05) is 6.08 Å². The Morgan fingerprint density at radius 1 is 1.88 bits per heavy atom. The van der Waals surface area contributed by atoms with Crippen molar-refractivity contribution in [3.63, 3.8) is 0 Å². The minimum Gasteiger partial charge on any atom is -0.312 e. The fourth-order valence-electron chi connectivity index (χ4n) is 0.438. The van der Waals surface area contributed by atoms with Crippen molar-refractivity contribution in [2.24, 2.45) is 0 Å². The first kappa shape index (κ1) is 8.05. The zero-order valence-corrected chi connectivity index (χ0v) is 6.20. The molecular formula is C6H12OS. The van der Waals surface area contributed by atoms with Gasteiger partial charge in [-0.05, 0) is 25.4 Å². The Labute approximate surface area is 55.3 Å². The molecule has 0 radical (unpaired) electrons. The van der Waals surface area contributed by atoms with E-state index in [1.807, 2.05) is 19.3 Å². The van der Waals surface area contributed by atoms with Crippen LogP contribution in [-0.2, 0) is 4.18 Å². The van der Waals surface area contributed by atoms with Crippen molar-refractivity contribution in [1.29, 1.82) is 0 Å². The van der Waals surface area contributed by atoms with Crippen LogP contribution in [-0.4, -0.2) is 12.4 Å². The maximum absolute atomic E-state index is 5.13. The summed E-state index contributed by atoms with van der Waals surface area (Å²) in [7, 11) is 0. The molecule has 0 aromatic heterocycles. The molecule has 0 fully saturated rings. The number of hydrogen-bond acceptors (Lipinski definition) is 2. The van der Waals surface area contributed by atoms with Crippen LogP contribution in [0.2, 0.25) is 0 Å². The lowest BCUT2D eigenvalue weighted by Crippen LogP contribution is -1.99. The lowest BCUT2D eigenvalue weighted by molar-refractivity contribution is 0.270. The Morgan fingerprint density at radius 2 is 2.50 bits per heavy atom. The number of rotatable bonds is 4. The maximum atomic E-state index is 5.13. The van der Waals surface area contributed by atoms with Gasteiger partial charge in [-0.25, -0.2) is 0 Å². The van der Waals surface area contributed by atoms with Gasteiger partial charge in [0.05, 0.1) is 6.10 Å². The largest absolute Gasteiger partial charge is 0.312 e. The average Bonchev–Trinajstić information content (AvgIpc) is 1.68. The van der Waals surface area contributed by atoms with Crippen molar-refractivity contribution < 1.29 is 4.18 Å². The molecule has 0 aliphatic heterocycles. The third-order valence-corrected chi connectivity index (χ3v) is 1.28. The highest BCUT2D eigenvalue weighted by Crippen LogP contribution is 2.05. The molecule has 0 bridgehead atoms. The van der Waals surface area contributed by atoms with Crippen LogP contribution in [0, 0.1) is 0 Å². The van der Waals surface area contributed by atoms with Gasteiger partial charge in [0, 0.05) is 6.26 Å². The molecule has 0 amide bonds. The van der Waals surface area contributed by atoms with E-state index in [4.69, 9.17) is 4.18 Å². The van der Waals surface area contributed by atoms with Crippen molar-refractivity contribution in [1.82, 2.24) is 0 Å². The predicted octanol–water partition coefficient (Wildman–Crippen LogP) is 2.25. The standard InChI is InChI=1S/C6H12OS/c1-4-5-6(2)7-8-3/h4,6H,1,5H2,2-3H3. The van der Waals surface area contributed by atoms with Crippen molar-refractivity contribution >= 4 is 12.0 Å². The molecule has 0 rings (SSSR count). The van der Waals surface area contributed by atoms with E-state index in [1.165, 1.54) is 12.0 Å². The molecule has 0 heterocycles. The molecular weight excluding hydrogens is 120 g/mol. The molecule has 0 aromatic rings. The van der Waals surface area contributed by atoms with Crippen molar-refractivity contribution in [3.8, 4) is 0 Å². The van der Waals surface area contributed by atoms with Crippen LogP contribution in [0.15, 0.2) is 12.7 Å². The summed E-state index contributed by atoms with van der Waals surface area (Å²) in [6.07, 6.45) is 5.02. The molecule has 0 N–H and O–H groups in total. The normalized spacial score (nSPS) is 13.2. The van der Waals surface area contributed by atoms with E-state index in [1.54, 1.807) is 0 Å². The highest BCUT2D eigenvalue weighted by molar-refractivity contribution is 7.93. The third-order valence-electron chi connectivity index (χ3n) is 0.759. The van der Waals surface area contributed by atoms with Crippen LogP contribution in [0.25, 0.3) is 0 Å². The first-order valence-electron chi connectivity index (χ1n) is 2.61. The molecule has 1 nitrogen and oxygen atoms in total. The summed E-state index contributed by atoms with van der Waals surface area (Å²) in [6.45, 7) is 5.62. The van der Waals surface area contributed by atoms with Crippen molar-refractivity contribution in [2.75, 3.05) is 6.26 Å². The summed E-state index contributed by atoms with van der Waals surface area (Å²) < 4.78 is 5.13. The van der Waals surface area contributed by atoms with E-state index in [0.717, 1.165) is 6.42 Å². The second kappa shape index (κ2) is 5.19. The van der Waals surface area contributed by atoms with Gasteiger partial charge in [0.1, 0.15) is 0 Å². The molecule has 2 heteroatoms. The van der Waals surface area contributed by atoms with E-state index >= 15 is 0 Å². The van der Waals surface area contributed by atoms with Crippen LogP contribution in [0.1, 0.15) is 13.3 Å². The first-order chi connectivity index (χ1) is 3.81. The van der Waals surface area contributed by atoms with Crippen LogP contribution in [0.5, 0.6) is 0 Å². The second-order valence-corrected chi connectivity index (χ2v) is 2.12. The Hall–Kier alpha value is 0.0500. The second-order valence-electron chi connectivity index (χ2n) is 1.60. The Kier molecular flexibility index (Phi) is 5.22. The van der Waals surface area contributed by atoms with Crippen molar-refractivity contribution in [3.05, 3.63) is 12.7 Å². The minimum absolute atomic E-state index is 0.308. The molecule has 0 aliphatic carbocycles. The van der Waals surface area contributed by atoms with Gasteiger partial charge in [0.2, 0.25) is 0 Å².